The Morgan fingerprint density at radius 3 is 2.04 bits per heavy atom. The van der Waals surface area contributed by atoms with E-state index in [-0.39, 0.29) is 16.3 Å². The van der Waals surface area contributed by atoms with Crippen molar-refractivity contribution in [2.45, 2.75) is 4.90 Å². The van der Waals surface area contributed by atoms with Crippen LogP contribution in [0.15, 0.2) is 71.6 Å². The van der Waals surface area contributed by atoms with Crippen molar-refractivity contribution in [2.24, 2.45) is 0 Å². The van der Waals surface area contributed by atoms with Gasteiger partial charge in [0.25, 0.3) is 10.0 Å². The fourth-order valence-electron chi connectivity index (χ4n) is 2.30. The van der Waals surface area contributed by atoms with E-state index in [9.17, 15) is 13.5 Å². The van der Waals surface area contributed by atoms with Crippen molar-refractivity contribution < 1.29 is 13.5 Å². The Bertz CT molecular complexity index is 1000. The summed E-state index contributed by atoms with van der Waals surface area (Å²) in [7, 11) is -3.85. The third-order valence-electron chi connectivity index (χ3n) is 3.61. The Kier molecular flexibility index (Phi) is 4.57. The molecule has 5 nitrogen and oxygen atoms in total. The van der Waals surface area contributed by atoms with Gasteiger partial charge in [-0.3, -0.25) is 4.72 Å². The molecule has 0 atom stereocenters. The summed E-state index contributed by atoms with van der Waals surface area (Å²) in [6.07, 6.45) is 0. The highest BCUT2D eigenvalue weighted by molar-refractivity contribution is 7.92. The molecule has 0 saturated heterocycles. The number of hydrogen-bond acceptors (Lipinski definition) is 4. The Morgan fingerprint density at radius 2 is 1.44 bits per heavy atom. The first-order valence-electron chi connectivity index (χ1n) is 7.32. The van der Waals surface area contributed by atoms with Gasteiger partial charge < -0.3 is 10.8 Å². The number of nitrogens with one attached hydrogen (secondary N) is 1. The van der Waals surface area contributed by atoms with Crippen molar-refractivity contribution in [2.75, 3.05) is 10.5 Å². The highest BCUT2D eigenvalue weighted by Gasteiger charge is 2.16. The van der Waals surface area contributed by atoms with Crippen molar-refractivity contribution in [3.05, 3.63) is 71.8 Å². The van der Waals surface area contributed by atoms with Gasteiger partial charge in [0.2, 0.25) is 0 Å². The van der Waals surface area contributed by atoms with Crippen LogP contribution in [0.25, 0.3) is 11.1 Å². The number of benzene rings is 3. The molecule has 0 spiro atoms. The Hall–Kier alpha value is -2.70. The van der Waals surface area contributed by atoms with Crippen molar-refractivity contribution in [3.63, 3.8) is 0 Å². The van der Waals surface area contributed by atoms with Crippen LogP contribution in [0.2, 0.25) is 5.02 Å². The number of anilines is 2. The minimum atomic E-state index is -3.85. The van der Waals surface area contributed by atoms with Gasteiger partial charge in [-0.2, -0.15) is 0 Å². The molecule has 128 valence electrons. The van der Waals surface area contributed by atoms with Crippen LogP contribution in [-0.2, 0) is 10.0 Å². The average Bonchev–Trinajstić information content (AvgIpc) is 2.59. The van der Waals surface area contributed by atoms with Crippen LogP contribution in [0.3, 0.4) is 0 Å². The second-order valence-corrected chi connectivity index (χ2v) is 7.53. The quantitative estimate of drug-likeness (QED) is 0.473. The molecule has 3 aromatic carbocycles. The van der Waals surface area contributed by atoms with E-state index in [1.54, 1.807) is 24.3 Å². The van der Waals surface area contributed by atoms with Crippen LogP contribution < -0.4 is 10.5 Å². The van der Waals surface area contributed by atoms with Gasteiger partial charge in [0.05, 0.1) is 10.6 Å². The van der Waals surface area contributed by atoms with Crippen LogP contribution in [0.5, 0.6) is 5.75 Å². The van der Waals surface area contributed by atoms with E-state index < -0.39 is 10.0 Å². The zero-order valence-electron chi connectivity index (χ0n) is 13.0. The molecule has 0 aliphatic carbocycles. The fourth-order valence-corrected chi connectivity index (χ4v) is 3.53. The number of nitrogen functional groups attached to an aromatic ring is 1. The van der Waals surface area contributed by atoms with Crippen LogP contribution in [0, 0.1) is 0 Å². The van der Waals surface area contributed by atoms with Crippen LogP contribution in [0.4, 0.5) is 11.4 Å². The van der Waals surface area contributed by atoms with Gasteiger partial charge >= 0.3 is 0 Å². The molecule has 0 heterocycles. The topological polar surface area (TPSA) is 92.4 Å². The summed E-state index contributed by atoms with van der Waals surface area (Å²) >= 11 is 5.84. The molecule has 0 aliphatic heterocycles. The first kappa shape index (κ1) is 17.1. The lowest BCUT2D eigenvalue weighted by molar-refractivity contribution is 0.477. The molecular weight excluding hydrogens is 360 g/mol. The molecule has 0 amide bonds. The summed E-state index contributed by atoms with van der Waals surface area (Å²) in [5.41, 5.74) is 8.14. The number of halogens is 1. The summed E-state index contributed by atoms with van der Waals surface area (Å²) in [6, 6.07) is 17.8. The minimum Gasteiger partial charge on any atom is -0.506 e. The highest BCUT2D eigenvalue weighted by atomic mass is 35.5. The standard InChI is InChI=1S/C18H15ClN2O3S/c19-14-5-10-18(22)17(11-14)21-25(23,24)16-8-3-13(4-9-16)12-1-6-15(20)7-2-12/h1-11,21-22H,20H2. The predicted octanol–water partition coefficient (Wildman–Crippen LogP) is 4.10. The maximum atomic E-state index is 12.5. The summed E-state index contributed by atoms with van der Waals surface area (Å²) < 4.78 is 27.3. The summed E-state index contributed by atoms with van der Waals surface area (Å²) in [6.45, 7) is 0. The zero-order valence-corrected chi connectivity index (χ0v) is 14.6. The fraction of sp³-hybridized carbons (Fsp3) is 0. The molecule has 0 fully saturated rings. The minimum absolute atomic E-state index is 0.0233. The molecule has 0 saturated carbocycles. The van der Waals surface area contributed by atoms with E-state index in [0.29, 0.717) is 10.7 Å². The maximum Gasteiger partial charge on any atom is 0.262 e. The molecule has 0 aliphatic rings. The molecule has 0 bridgehead atoms. The first-order chi connectivity index (χ1) is 11.8. The van der Waals surface area contributed by atoms with Gasteiger partial charge in [0, 0.05) is 10.7 Å². The Morgan fingerprint density at radius 1 is 0.880 bits per heavy atom. The molecular formula is C18H15ClN2O3S. The molecule has 7 heteroatoms. The number of hydrogen-bond donors (Lipinski definition) is 3. The van der Waals surface area contributed by atoms with Crippen molar-refractivity contribution >= 4 is 33.0 Å². The van der Waals surface area contributed by atoms with E-state index >= 15 is 0 Å². The highest BCUT2D eigenvalue weighted by Crippen LogP contribution is 2.29. The van der Waals surface area contributed by atoms with E-state index in [4.69, 9.17) is 17.3 Å². The number of sulfonamides is 1. The van der Waals surface area contributed by atoms with Gasteiger partial charge in [-0.15, -0.1) is 0 Å². The van der Waals surface area contributed by atoms with Gasteiger partial charge in [0.15, 0.2) is 0 Å². The molecule has 0 unspecified atom stereocenters. The van der Waals surface area contributed by atoms with Crippen LogP contribution in [0.1, 0.15) is 0 Å². The SMILES string of the molecule is Nc1ccc(-c2ccc(S(=O)(=O)Nc3cc(Cl)ccc3O)cc2)cc1. The number of aromatic hydroxyl groups is 1. The van der Waals surface area contributed by atoms with Gasteiger partial charge in [-0.05, 0) is 53.6 Å². The Labute approximate surface area is 150 Å². The average molecular weight is 375 g/mol. The van der Waals surface area contributed by atoms with Crippen molar-refractivity contribution in [1.29, 1.82) is 0 Å². The lowest BCUT2D eigenvalue weighted by atomic mass is 10.1. The molecule has 4 N–H and O–H groups in total. The lowest BCUT2D eigenvalue weighted by Gasteiger charge is -2.10. The van der Waals surface area contributed by atoms with Crippen LogP contribution >= 0.6 is 11.6 Å². The molecule has 0 radical (unpaired) electrons. The van der Waals surface area contributed by atoms with Crippen molar-refractivity contribution in [3.8, 4) is 16.9 Å². The zero-order chi connectivity index (χ0) is 18.0. The van der Waals surface area contributed by atoms with Crippen LogP contribution in [-0.4, -0.2) is 13.5 Å². The number of phenolic OH excluding ortho intramolecular Hbond substituents is 1. The number of rotatable bonds is 4. The van der Waals surface area contributed by atoms with Gasteiger partial charge in [-0.25, -0.2) is 8.42 Å². The van der Waals surface area contributed by atoms with Crippen molar-refractivity contribution in [1.82, 2.24) is 0 Å². The molecule has 3 aromatic rings. The Balaban J connectivity index is 1.88. The van der Waals surface area contributed by atoms with Gasteiger partial charge in [0.1, 0.15) is 5.75 Å². The maximum absolute atomic E-state index is 12.5. The monoisotopic (exact) mass is 374 g/mol. The van der Waals surface area contributed by atoms with E-state index in [2.05, 4.69) is 4.72 Å². The normalized spacial score (nSPS) is 11.2. The summed E-state index contributed by atoms with van der Waals surface area (Å²) in [4.78, 5) is 0.0751. The van der Waals surface area contributed by atoms with E-state index in [1.807, 2.05) is 12.1 Å². The summed E-state index contributed by atoms with van der Waals surface area (Å²) in [5.74, 6) is -0.202. The second kappa shape index (κ2) is 6.66. The van der Waals surface area contributed by atoms with Gasteiger partial charge in [-0.1, -0.05) is 35.9 Å². The number of nitrogens with two attached hydrogens (primary N) is 1. The lowest BCUT2D eigenvalue weighted by Crippen LogP contribution is -2.13. The smallest absolute Gasteiger partial charge is 0.262 e. The van der Waals surface area contributed by atoms with E-state index in [1.165, 1.54) is 30.3 Å². The second-order valence-electron chi connectivity index (χ2n) is 5.41. The number of phenols is 1. The predicted molar refractivity (Wildman–Crippen MR) is 100 cm³/mol. The molecule has 0 aromatic heterocycles. The molecule has 3 rings (SSSR count). The third kappa shape index (κ3) is 3.87. The summed E-state index contributed by atoms with van der Waals surface area (Å²) in [5, 5.41) is 10.1. The third-order valence-corrected chi connectivity index (χ3v) is 5.23. The van der Waals surface area contributed by atoms with E-state index in [0.717, 1.165) is 11.1 Å². The molecule has 25 heavy (non-hydrogen) atoms. The largest absolute Gasteiger partial charge is 0.506 e. The first-order valence-corrected chi connectivity index (χ1v) is 9.18.